The summed E-state index contributed by atoms with van der Waals surface area (Å²) in [6, 6.07) is 0.977. The number of hydrogen-bond acceptors (Lipinski definition) is 4. The third-order valence-electron chi connectivity index (χ3n) is 6.69. The Kier molecular flexibility index (Phi) is 6.18. The Hall–Kier alpha value is -0.810. The average molecular weight is 366 g/mol. The van der Waals surface area contributed by atoms with Crippen LogP contribution >= 0.6 is 0 Å². The van der Waals surface area contributed by atoms with Crippen LogP contribution in [0.25, 0.3) is 0 Å². The third kappa shape index (κ3) is 4.92. The van der Waals surface area contributed by atoms with Crippen molar-refractivity contribution in [2.75, 3.05) is 32.7 Å². The van der Waals surface area contributed by atoms with Crippen LogP contribution in [0.5, 0.6) is 0 Å². The number of piperazine rings is 1. The number of nitrogens with zero attached hydrogens (tertiary/aromatic N) is 2. The van der Waals surface area contributed by atoms with Gasteiger partial charge in [-0.05, 0) is 84.6 Å². The van der Waals surface area contributed by atoms with Crippen LogP contribution in [0.3, 0.4) is 0 Å². The standard InChI is InChI=1S/C21H39N3O2/c1-15(2)24-12-10-23(11-13-24)9-8-18-16-6-7-17(14-16)19(18)22-20(25)26-21(3,4)5/h15-19H,6-14H2,1-5H3,(H,22,25). The lowest BCUT2D eigenvalue weighted by molar-refractivity contribution is 0.0450. The highest BCUT2D eigenvalue weighted by atomic mass is 16.6. The second-order valence-corrected chi connectivity index (χ2v) is 9.93. The molecular weight excluding hydrogens is 326 g/mol. The van der Waals surface area contributed by atoms with E-state index in [2.05, 4.69) is 29.0 Å². The van der Waals surface area contributed by atoms with Gasteiger partial charge in [-0.15, -0.1) is 0 Å². The SMILES string of the molecule is CC(C)N1CCN(CCC2C3CCC(C3)C2NC(=O)OC(C)(C)C)CC1. The summed E-state index contributed by atoms with van der Waals surface area (Å²) in [5.74, 6) is 2.09. The molecule has 1 saturated heterocycles. The largest absolute Gasteiger partial charge is 0.444 e. The van der Waals surface area contributed by atoms with Gasteiger partial charge in [0.05, 0.1) is 0 Å². The number of amides is 1. The smallest absolute Gasteiger partial charge is 0.407 e. The molecule has 1 amide bonds. The number of alkyl carbamates (subject to hydrolysis) is 1. The van der Waals surface area contributed by atoms with Crippen LogP contribution in [0, 0.1) is 17.8 Å². The van der Waals surface area contributed by atoms with E-state index in [1.807, 2.05) is 20.8 Å². The van der Waals surface area contributed by atoms with Crippen molar-refractivity contribution in [1.82, 2.24) is 15.1 Å². The lowest BCUT2D eigenvalue weighted by atomic mass is 9.82. The van der Waals surface area contributed by atoms with Crippen LogP contribution in [0.2, 0.25) is 0 Å². The molecule has 5 nitrogen and oxygen atoms in total. The predicted molar refractivity (Wildman–Crippen MR) is 105 cm³/mol. The van der Waals surface area contributed by atoms with Crippen molar-refractivity contribution in [3.63, 3.8) is 0 Å². The molecule has 26 heavy (non-hydrogen) atoms. The predicted octanol–water partition coefficient (Wildman–Crippen LogP) is 3.34. The third-order valence-corrected chi connectivity index (χ3v) is 6.69. The lowest BCUT2D eigenvalue weighted by Gasteiger charge is -2.38. The van der Waals surface area contributed by atoms with Crippen molar-refractivity contribution in [3.05, 3.63) is 0 Å². The first-order valence-corrected chi connectivity index (χ1v) is 10.7. The molecule has 1 heterocycles. The highest BCUT2D eigenvalue weighted by Gasteiger charge is 2.48. The zero-order chi connectivity index (χ0) is 18.9. The molecule has 0 radical (unpaired) electrons. The van der Waals surface area contributed by atoms with Crippen molar-refractivity contribution >= 4 is 6.09 Å². The molecule has 3 fully saturated rings. The first-order valence-electron chi connectivity index (χ1n) is 10.7. The van der Waals surface area contributed by atoms with Crippen LogP contribution in [0.4, 0.5) is 4.79 Å². The maximum absolute atomic E-state index is 12.3. The maximum atomic E-state index is 12.3. The number of carbonyl (C=O) groups is 1. The van der Waals surface area contributed by atoms with Crippen molar-refractivity contribution in [1.29, 1.82) is 0 Å². The lowest BCUT2D eigenvalue weighted by Crippen LogP contribution is -2.50. The van der Waals surface area contributed by atoms with Gasteiger partial charge in [0.25, 0.3) is 0 Å². The van der Waals surface area contributed by atoms with Crippen LogP contribution in [-0.2, 0) is 4.74 Å². The molecule has 0 aromatic carbocycles. The fraction of sp³-hybridized carbons (Fsp3) is 0.952. The maximum Gasteiger partial charge on any atom is 0.407 e. The van der Waals surface area contributed by atoms with Gasteiger partial charge in [-0.2, -0.15) is 0 Å². The fourth-order valence-electron chi connectivity index (χ4n) is 5.33. The normalized spacial score (nSPS) is 33.0. The summed E-state index contributed by atoms with van der Waals surface area (Å²) in [6.45, 7) is 16.3. The molecule has 2 bridgehead atoms. The van der Waals surface area contributed by atoms with Gasteiger partial charge in [0.2, 0.25) is 0 Å². The van der Waals surface area contributed by atoms with E-state index in [4.69, 9.17) is 4.74 Å². The van der Waals surface area contributed by atoms with Gasteiger partial charge in [0.15, 0.2) is 0 Å². The number of nitrogens with one attached hydrogen (secondary N) is 1. The van der Waals surface area contributed by atoms with Crippen LogP contribution < -0.4 is 5.32 Å². The second kappa shape index (κ2) is 8.05. The number of fused-ring (bicyclic) bond motifs is 2. The second-order valence-electron chi connectivity index (χ2n) is 9.93. The zero-order valence-corrected chi connectivity index (χ0v) is 17.5. The van der Waals surface area contributed by atoms with Gasteiger partial charge in [-0.3, -0.25) is 4.90 Å². The van der Waals surface area contributed by atoms with Gasteiger partial charge in [0.1, 0.15) is 5.60 Å². The number of rotatable bonds is 5. The summed E-state index contributed by atoms with van der Waals surface area (Å²) < 4.78 is 5.52. The molecule has 2 aliphatic carbocycles. The summed E-state index contributed by atoms with van der Waals surface area (Å²) in [5, 5.41) is 3.24. The Labute approximate surface area is 159 Å². The summed E-state index contributed by atoms with van der Waals surface area (Å²) in [6.07, 6.45) is 4.90. The monoisotopic (exact) mass is 365 g/mol. The molecule has 5 heteroatoms. The van der Waals surface area contributed by atoms with Gasteiger partial charge in [-0.25, -0.2) is 4.79 Å². The molecule has 3 aliphatic rings. The minimum Gasteiger partial charge on any atom is -0.444 e. The Bertz CT molecular complexity index is 480. The van der Waals surface area contributed by atoms with Crippen LogP contribution in [-0.4, -0.2) is 66.3 Å². The van der Waals surface area contributed by atoms with E-state index in [0.29, 0.717) is 23.9 Å². The van der Waals surface area contributed by atoms with Gasteiger partial charge < -0.3 is 15.0 Å². The summed E-state index contributed by atoms with van der Waals surface area (Å²) in [7, 11) is 0. The number of ether oxygens (including phenoxy) is 1. The van der Waals surface area contributed by atoms with E-state index in [-0.39, 0.29) is 6.09 Å². The van der Waals surface area contributed by atoms with Crippen LogP contribution in [0.1, 0.15) is 60.3 Å². The first kappa shape index (κ1) is 19.9. The molecule has 1 aliphatic heterocycles. The van der Waals surface area contributed by atoms with E-state index < -0.39 is 5.60 Å². The fourth-order valence-corrected chi connectivity index (χ4v) is 5.33. The van der Waals surface area contributed by atoms with Crippen molar-refractivity contribution in [2.24, 2.45) is 17.8 Å². The quantitative estimate of drug-likeness (QED) is 0.812. The Morgan fingerprint density at radius 3 is 2.38 bits per heavy atom. The number of carbonyl (C=O) groups excluding carboxylic acids is 1. The Balaban J connectivity index is 1.49. The minimum absolute atomic E-state index is 0.231. The number of hydrogen-bond donors (Lipinski definition) is 1. The topological polar surface area (TPSA) is 44.8 Å². The Morgan fingerprint density at radius 1 is 1.12 bits per heavy atom. The van der Waals surface area contributed by atoms with Gasteiger partial charge >= 0.3 is 6.09 Å². The molecular formula is C21H39N3O2. The molecule has 0 spiro atoms. The van der Waals surface area contributed by atoms with E-state index in [1.54, 1.807) is 0 Å². The molecule has 3 rings (SSSR count). The molecule has 150 valence electrons. The average Bonchev–Trinajstić information content (AvgIpc) is 3.13. The first-order chi connectivity index (χ1) is 12.2. The highest BCUT2D eigenvalue weighted by Crippen LogP contribution is 2.49. The zero-order valence-electron chi connectivity index (χ0n) is 17.5. The molecule has 0 aromatic rings. The van der Waals surface area contributed by atoms with Crippen molar-refractivity contribution in [2.45, 2.75) is 78.0 Å². The van der Waals surface area contributed by atoms with Crippen molar-refractivity contribution < 1.29 is 9.53 Å². The van der Waals surface area contributed by atoms with E-state index in [9.17, 15) is 4.79 Å². The molecule has 0 aromatic heterocycles. The Morgan fingerprint density at radius 2 is 1.77 bits per heavy atom. The van der Waals surface area contributed by atoms with Gasteiger partial charge in [-0.1, -0.05) is 0 Å². The molecule has 4 atom stereocenters. The van der Waals surface area contributed by atoms with E-state index in [1.165, 1.54) is 58.4 Å². The molecule has 2 saturated carbocycles. The summed E-state index contributed by atoms with van der Waals surface area (Å²) >= 11 is 0. The highest BCUT2D eigenvalue weighted by molar-refractivity contribution is 5.68. The summed E-state index contributed by atoms with van der Waals surface area (Å²) in [4.78, 5) is 17.5. The van der Waals surface area contributed by atoms with Gasteiger partial charge in [0, 0.05) is 38.3 Å². The van der Waals surface area contributed by atoms with E-state index in [0.717, 1.165) is 5.92 Å². The molecule has 1 N–H and O–H groups in total. The van der Waals surface area contributed by atoms with Crippen LogP contribution in [0.15, 0.2) is 0 Å². The molecule has 4 unspecified atom stereocenters. The summed E-state index contributed by atoms with van der Waals surface area (Å²) in [5.41, 5.74) is -0.423. The van der Waals surface area contributed by atoms with E-state index >= 15 is 0 Å². The minimum atomic E-state index is -0.423. The van der Waals surface area contributed by atoms with Crippen molar-refractivity contribution in [3.8, 4) is 0 Å².